The maximum absolute atomic E-state index is 12.8. The van der Waals surface area contributed by atoms with Gasteiger partial charge in [-0.3, -0.25) is 9.59 Å². The molecule has 3 N–H and O–H groups in total. The Morgan fingerprint density at radius 1 is 0.971 bits per heavy atom. The van der Waals surface area contributed by atoms with Crippen LogP contribution in [0.1, 0.15) is 69.4 Å². The maximum Gasteiger partial charge on any atom is 0.407 e. The summed E-state index contributed by atoms with van der Waals surface area (Å²) >= 11 is 0. The summed E-state index contributed by atoms with van der Waals surface area (Å²) < 4.78 is 5.70. The van der Waals surface area contributed by atoms with Gasteiger partial charge < -0.3 is 20.5 Å². The molecule has 0 heterocycles. The fourth-order valence-corrected chi connectivity index (χ4v) is 5.52. The average Bonchev–Trinajstić information content (AvgIpc) is 3.11. The number of benzene rings is 2. The van der Waals surface area contributed by atoms with E-state index < -0.39 is 17.6 Å². The molecule has 2 amide bonds. The van der Waals surface area contributed by atoms with E-state index in [2.05, 4.69) is 34.9 Å². The first-order chi connectivity index (χ1) is 16.7. The Balaban J connectivity index is 1.34. The summed E-state index contributed by atoms with van der Waals surface area (Å²) in [6.45, 7) is 3.65. The Labute approximate surface area is 206 Å². The molecular formula is C28H34N2O5. The minimum Gasteiger partial charge on any atom is -0.481 e. The van der Waals surface area contributed by atoms with Crippen molar-refractivity contribution in [1.82, 2.24) is 10.6 Å². The van der Waals surface area contributed by atoms with E-state index >= 15 is 0 Å². The molecule has 0 aliphatic heterocycles. The largest absolute Gasteiger partial charge is 0.481 e. The first-order valence-electron chi connectivity index (χ1n) is 12.4. The second kappa shape index (κ2) is 10.5. The quantitative estimate of drug-likeness (QED) is 0.503. The lowest BCUT2D eigenvalue weighted by molar-refractivity contribution is -0.138. The molecule has 2 aliphatic rings. The van der Waals surface area contributed by atoms with Crippen molar-refractivity contribution in [3.8, 4) is 11.1 Å². The van der Waals surface area contributed by atoms with Gasteiger partial charge in [0.15, 0.2) is 0 Å². The molecule has 35 heavy (non-hydrogen) atoms. The average molecular weight is 479 g/mol. The number of ether oxygens (including phenoxy) is 1. The van der Waals surface area contributed by atoms with Crippen molar-refractivity contribution >= 4 is 18.0 Å². The zero-order valence-corrected chi connectivity index (χ0v) is 20.4. The van der Waals surface area contributed by atoms with Crippen molar-refractivity contribution in [2.45, 2.75) is 69.9 Å². The first kappa shape index (κ1) is 24.8. The highest BCUT2D eigenvalue weighted by Gasteiger charge is 2.32. The fraction of sp³-hybridized carbons (Fsp3) is 0.464. The minimum absolute atomic E-state index is 0.00227. The van der Waals surface area contributed by atoms with Crippen molar-refractivity contribution in [1.29, 1.82) is 0 Å². The van der Waals surface area contributed by atoms with Gasteiger partial charge in [-0.2, -0.15) is 0 Å². The topological polar surface area (TPSA) is 105 Å². The van der Waals surface area contributed by atoms with E-state index in [4.69, 9.17) is 9.84 Å². The van der Waals surface area contributed by atoms with E-state index in [1.54, 1.807) is 13.8 Å². The lowest BCUT2D eigenvalue weighted by Crippen LogP contribution is -2.48. The number of carboxylic acid groups (broad SMARTS) is 1. The lowest BCUT2D eigenvalue weighted by atomic mass is 9.82. The third-order valence-electron chi connectivity index (χ3n) is 7.07. The van der Waals surface area contributed by atoms with Crippen molar-refractivity contribution in [3.63, 3.8) is 0 Å². The van der Waals surface area contributed by atoms with Crippen LogP contribution in [-0.4, -0.2) is 41.3 Å². The summed E-state index contributed by atoms with van der Waals surface area (Å²) in [5.74, 6) is -1.16. The van der Waals surface area contributed by atoms with Crippen LogP contribution in [0.25, 0.3) is 11.1 Å². The highest BCUT2D eigenvalue weighted by Crippen LogP contribution is 2.44. The molecule has 2 aliphatic carbocycles. The van der Waals surface area contributed by atoms with Crippen LogP contribution in [0.4, 0.5) is 4.79 Å². The van der Waals surface area contributed by atoms with Crippen molar-refractivity contribution in [2.24, 2.45) is 5.92 Å². The molecule has 1 saturated carbocycles. The molecule has 7 nitrogen and oxygen atoms in total. The number of carboxylic acids is 1. The number of amides is 2. The predicted molar refractivity (Wildman–Crippen MR) is 133 cm³/mol. The van der Waals surface area contributed by atoms with Crippen LogP contribution in [-0.2, 0) is 14.3 Å². The van der Waals surface area contributed by atoms with Crippen LogP contribution in [0.5, 0.6) is 0 Å². The third-order valence-corrected chi connectivity index (χ3v) is 7.07. The molecule has 0 aromatic heterocycles. The molecule has 2 atom stereocenters. The summed E-state index contributed by atoms with van der Waals surface area (Å²) in [7, 11) is 0. The number of carbonyl (C=O) groups is 3. The number of nitrogens with one attached hydrogen (secondary N) is 2. The van der Waals surface area contributed by atoms with E-state index in [0.29, 0.717) is 0 Å². The van der Waals surface area contributed by atoms with Crippen LogP contribution in [0.2, 0.25) is 0 Å². The molecule has 0 bridgehead atoms. The monoisotopic (exact) mass is 478 g/mol. The molecule has 186 valence electrons. The summed E-state index contributed by atoms with van der Waals surface area (Å²) in [5.41, 5.74) is 3.87. The van der Waals surface area contributed by atoms with Crippen LogP contribution < -0.4 is 10.6 Å². The molecule has 4 rings (SSSR count). The second-order valence-corrected chi connectivity index (χ2v) is 10.3. The van der Waals surface area contributed by atoms with Crippen LogP contribution in [0.15, 0.2) is 48.5 Å². The number of alkyl carbamates (subject to hydrolysis) is 1. The zero-order valence-electron chi connectivity index (χ0n) is 20.4. The van der Waals surface area contributed by atoms with Crippen LogP contribution >= 0.6 is 0 Å². The lowest BCUT2D eigenvalue weighted by Gasteiger charge is -2.33. The van der Waals surface area contributed by atoms with Gasteiger partial charge in [0.1, 0.15) is 6.61 Å². The Bertz CT molecular complexity index is 1050. The molecular weight excluding hydrogens is 444 g/mol. The van der Waals surface area contributed by atoms with Gasteiger partial charge in [-0.15, -0.1) is 0 Å². The first-order valence-corrected chi connectivity index (χ1v) is 12.4. The Kier molecular flexibility index (Phi) is 7.43. The van der Waals surface area contributed by atoms with Gasteiger partial charge in [-0.1, -0.05) is 61.4 Å². The molecule has 0 unspecified atom stereocenters. The second-order valence-electron chi connectivity index (χ2n) is 10.3. The number of hydrogen-bond donors (Lipinski definition) is 3. The van der Waals surface area contributed by atoms with E-state index in [1.165, 1.54) is 11.1 Å². The molecule has 1 fully saturated rings. The van der Waals surface area contributed by atoms with Crippen LogP contribution in [0, 0.1) is 5.92 Å². The van der Waals surface area contributed by atoms with Gasteiger partial charge in [-0.25, -0.2) is 4.79 Å². The normalized spacial score (nSPS) is 19.4. The van der Waals surface area contributed by atoms with Crippen molar-refractivity contribution in [2.75, 3.05) is 6.61 Å². The van der Waals surface area contributed by atoms with E-state index in [9.17, 15) is 14.4 Å². The van der Waals surface area contributed by atoms with Gasteiger partial charge in [0.05, 0.1) is 6.42 Å². The van der Waals surface area contributed by atoms with Crippen molar-refractivity contribution < 1.29 is 24.2 Å². The van der Waals surface area contributed by atoms with Crippen molar-refractivity contribution in [3.05, 3.63) is 59.7 Å². The van der Waals surface area contributed by atoms with Gasteiger partial charge in [0.25, 0.3) is 0 Å². The smallest absolute Gasteiger partial charge is 0.407 e. The molecule has 7 heteroatoms. The fourth-order valence-electron chi connectivity index (χ4n) is 5.52. The summed E-state index contributed by atoms with van der Waals surface area (Å²) in [6.07, 6.45) is 3.25. The molecule has 0 spiro atoms. The Morgan fingerprint density at radius 2 is 1.57 bits per heavy atom. The van der Waals surface area contributed by atoms with Gasteiger partial charge in [0.2, 0.25) is 5.91 Å². The Morgan fingerprint density at radius 3 is 2.20 bits per heavy atom. The highest BCUT2D eigenvalue weighted by atomic mass is 16.5. The number of hydrogen-bond acceptors (Lipinski definition) is 4. The van der Waals surface area contributed by atoms with E-state index in [0.717, 1.165) is 36.8 Å². The maximum atomic E-state index is 12.8. The predicted octanol–water partition coefficient (Wildman–Crippen LogP) is 4.84. The van der Waals surface area contributed by atoms with E-state index in [-0.39, 0.29) is 43.2 Å². The highest BCUT2D eigenvalue weighted by molar-refractivity contribution is 5.80. The number of aliphatic carboxylic acids is 1. The third kappa shape index (κ3) is 6.02. The van der Waals surface area contributed by atoms with Gasteiger partial charge in [0, 0.05) is 23.9 Å². The SMILES string of the molecule is CC(C)(CC(=O)O)NC(=O)C[C@@H]1CCCC[C@@H]1NC(=O)OCC1c2ccccc2-c2ccccc21. The van der Waals surface area contributed by atoms with E-state index in [1.807, 2.05) is 24.3 Å². The molecule has 2 aromatic carbocycles. The minimum atomic E-state index is -0.956. The summed E-state index contributed by atoms with van der Waals surface area (Å²) in [5, 5.41) is 14.9. The molecule has 2 aromatic rings. The van der Waals surface area contributed by atoms with Gasteiger partial charge in [-0.05, 0) is 54.9 Å². The van der Waals surface area contributed by atoms with Crippen LogP contribution in [0.3, 0.4) is 0 Å². The zero-order chi connectivity index (χ0) is 25.0. The molecule has 0 saturated heterocycles. The number of carbonyl (C=O) groups excluding carboxylic acids is 2. The van der Waals surface area contributed by atoms with Gasteiger partial charge >= 0.3 is 12.1 Å². The molecule has 0 radical (unpaired) electrons. The number of fused-ring (bicyclic) bond motifs is 3. The summed E-state index contributed by atoms with van der Waals surface area (Å²) in [6, 6.07) is 16.3. The Hall–Kier alpha value is -3.35. The summed E-state index contributed by atoms with van der Waals surface area (Å²) in [4.78, 5) is 36.4. The number of rotatable bonds is 8. The standard InChI is InChI=1S/C28H34N2O5/c1-28(2,16-26(32)33)30-25(31)15-18-9-3-8-14-24(18)29-27(34)35-17-23-21-12-6-4-10-19(21)20-11-5-7-13-22(20)23/h4-7,10-13,18,23-24H,3,8-9,14-17H2,1-2H3,(H,29,34)(H,30,31)(H,32,33)/t18-,24-/m0/s1.